The molecule has 2 saturated heterocycles. The standard InChI is InChI=1S/C24H23ClN2O6S/c1-2-32-23(30)17-12-15(6-8-18(17)25)19-9-7-16(33-19)13-20-22(29)27(24(31)34-20)14-21(28)26-10-4-3-5-11-26/h6-9,12-13H,2-5,10-11,14H2,1H3/b20-13+. The summed E-state index contributed by atoms with van der Waals surface area (Å²) in [4.78, 5) is 52.6. The molecular weight excluding hydrogens is 480 g/mol. The van der Waals surface area contributed by atoms with Gasteiger partial charge in [0.25, 0.3) is 11.1 Å². The van der Waals surface area contributed by atoms with Crippen molar-refractivity contribution in [2.24, 2.45) is 0 Å². The molecule has 1 aromatic heterocycles. The molecule has 0 aliphatic carbocycles. The number of carbonyl (C=O) groups is 4. The summed E-state index contributed by atoms with van der Waals surface area (Å²) in [5.74, 6) is -0.463. The first-order valence-electron chi connectivity index (χ1n) is 11.0. The second-order valence-electron chi connectivity index (χ2n) is 7.83. The molecule has 0 atom stereocenters. The fraction of sp³-hybridized carbons (Fsp3) is 0.333. The highest BCUT2D eigenvalue weighted by molar-refractivity contribution is 8.18. The molecule has 2 aliphatic heterocycles. The predicted octanol–water partition coefficient (Wildman–Crippen LogP) is 4.83. The quantitative estimate of drug-likeness (QED) is 0.412. The highest BCUT2D eigenvalue weighted by Crippen LogP contribution is 2.34. The van der Waals surface area contributed by atoms with Crippen LogP contribution in [0.2, 0.25) is 5.02 Å². The average Bonchev–Trinajstić information content (AvgIpc) is 3.40. The van der Waals surface area contributed by atoms with E-state index in [-0.39, 0.29) is 34.6 Å². The Kier molecular flexibility index (Phi) is 7.43. The number of amides is 3. The van der Waals surface area contributed by atoms with Crippen LogP contribution in [0.4, 0.5) is 4.79 Å². The zero-order valence-electron chi connectivity index (χ0n) is 18.5. The first-order chi connectivity index (χ1) is 16.4. The molecule has 2 aliphatic rings. The third kappa shape index (κ3) is 5.20. The van der Waals surface area contributed by atoms with Gasteiger partial charge in [0.2, 0.25) is 5.91 Å². The number of hydrogen-bond acceptors (Lipinski definition) is 7. The van der Waals surface area contributed by atoms with E-state index in [2.05, 4.69) is 0 Å². The zero-order valence-corrected chi connectivity index (χ0v) is 20.1. The fourth-order valence-corrected chi connectivity index (χ4v) is 4.79. The summed E-state index contributed by atoms with van der Waals surface area (Å²) in [6.07, 6.45) is 4.42. The van der Waals surface area contributed by atoms with E-state index in [0.29, 0.717) is 30.2 Å². The SMILES string of the molecule is CCOC(=O)c1cc(-c2ccc(/C=C3/SC(=O)N(CC(=O)N4CCCCC4)C3=O)o2)ccc1Cl. The maximum absolute atomic E-state index is 12.8. The molecule has 2 fully saturated rings. The number of rotatable bonds is 6. The minimum Gasteiger partial charge on any atom is -0.462 e. The van der Waals surface area contributed by atoms with Gasteiger partial charge in [-0.05, 0) is 68.3 Å². The first kappa shape index (κ1) is 24.1. The van der Waals surface area contributed by atoms with Crippen LogP contribution in [0.15, 0.2) is 39.7 Å². The third-order valence-electron chi connectivity index (χ3n) is 5.52. The van der Waals surface area contributed by atoms with Crippen LogP contribution >= 0.6 is 23.4 Å². The number of imide groups is 1. The van der Waals surface area contributed by atoms with Gasteiger partial charge in [0.05, 0.1) is 22.1 Å². The van der Waals surface area contributed by atoms with E-state index in [1.165, 1.54) is 6.08 Å². The van der Waals surface area contributed by atoms with Crippen LogP contribution in [-0.2, 0) is 14.3 Å². The molecule has 3 heterocycles. The number of furan rings is 1. The van der Waals surface area contributed by atoms with Gasteiger partial charge in [0, 0.05) is 24.7 Å². The smallest absolute Gasteiger partial charge is 0.339 e. The average molecular weight is 503 g/mol. The van der Waals surface area contributed by atoms with Crippen LogP contribution in [0.25, 0.3) is 17.4 Å². The second-order valence-corrected chi connectivity index (χ2v) is 9.23. The van der Waals surface area contributed by atoms with Crippen molar-refractivity contribution in [3.05, 3.63) is 51.6 Å². The van der Waals surface area contributed by atoms with Crippen LogP contribution in [-0.4, -0.2) is 59.1 Å². The van der Waals surface area contributed by atoms with Crippen LogP contribution in [0.1, 0.15) is 42.3 Å². The lowest BCUT2D eigenvalue weighted by atomic mass is 10.1. The topological polar surface area (TPSA) is 97.1 Å². The Morgan fingerprint density at radius 3 is 2.65 bits per heavy atom. The number of hydrogen-bond donors (Lipinski definition) is 0. The summed E-state index contributed by atoms with van der Waals surface area (Å²) >= 11 is 6.89. The van der Waals surface area contributed by atoms with Gasteiger partial charge in [-0.15, -0.1) is 0 Å². The van der Waals surface area contributed by atoms with E-state index >= 15 is 0 Å². The normalized spacial score (nSPS) is 17.5. The zero-order chi connectivity index (χ0) is 24.2. The van der Waals surface area contributed by atoms with Crippen molar-refractivity contribution >= 4 is 52.5 Å². The van der Waals surface area contributed by atoms with Crippen LogP contribution in [0.3, 0.4) is 0 Å². The Balaban J connectivity index is 1.48. The number of halogens is 1. The molecule has 8 nitrogen and oxygen atoms in total. The lowest BCUT2D eigenvalue weighted by Gasteiger charge is -2.27. The number of benzene rings is 1. The molecule has 0 spiro atoms. The van der Waals surface area contributed by atoms with Gasteiger partial charge in [0.15, 0.2) is 0 Å². The van der Waals surface area contributed by atoms with Crippen molar-refractivity contribution in [3.8, 4) is 11.3 Å². The van der Waals surface area contributed by atoms with E-state index in [1.54, 1.807) is 42.2 Å². The number of ether oxygens (including phenoxy) is 1. The van der Waals surface area contributed by atoms with E-state index in [4.69, 9.17) is 20.8 Å². The maximum atomic E-state index is 12.8. The van der Waals surface area contributed by atoms with Crippen molar-refractivity contribution in [3.63, 3.8) is 0 Å². The van der Waals surface area contributed by atoms with Gasteiger partial charge >= 0.3 is 5.97 Å². The largest absolute Gasteiger partial charge is 0.462 e. The van der Waals surface area contributed by atoms with Crippen molar-refractivity contribution in [2.45, 2.75) is 26.2 Å². The molecule has 0 unspecified atom stereocenters. The number of piperidine rings is 1. The Labute approximate surface area is 205 Å². The number of nitrogens with zero attached hydrogens (tertiary/aromatic N) is 2. The number of esters is 1. The summed E-state index contributed by atoms with van der Waals surface area (Å²) in [5, 5.41) is -0.216. The summed E-state index contributed by atoms with van der Waals surface area (Å²) in [7, 11) is 0. The molecule has 2 aromatic rings. The van der Waals surface area contributed by atoms with Gasteiger partial charge in [0.1, 0.15) is 18.1 Å². The van der Waals surface area contributed by atoms with Gasteiger partial charge in [-0.2, -0.15) is 0 Å². The predicted molar refractivity (Wildman–Crippen MR) is 128 cm³/mol. The molecular formula is C24H23ClN2O6S. The Hall–Kier alpha value is -3.04. The van der Waals surface area contributed by atoms with Gasteiger partial charge in [-0.1, -0.05) is 11.6 Å². The summed E-state index contributed by atoms with van der Waals surface area (Å²) < 4.78 is 10.8. The van der Waals surface area contributed by atoms with E-state index in [9.17, 15) is 19.2 Å². The van der Waals surface area contributed by atoms with E-state index < -0.39 is 17.1 Å². The lowest BCUT2D eigenvalue weighted by molar-refractivity contribution is -0.136. The van der Waals surface area contributed by atoms with Crippen molar-refractivity contribution in [1.29, 1.82) is 0 Å². The van der Waals surface area contributed by atoms with Crippen molar-refractivity contribution < 1.29 is 28.3 Å². The van der Waals surface area contributed by atoms with E-state index in [1.807, 2.05) is 0 Å². The second kappa shape index (κ2) is 10.5. The first-order valence-corrected chi connectivity index (χ1v) is 12.2. The Morgan fingerprint density at radius 2 is 1.91 bits per heavy atom. The molecule has 0 bridgehead atoms. The molecule has 0 N–H and O–H groups in total. The maximum Gasteiger partial charge on any atom is 0.339 e. The molecule has 0 saturated carbocycles. The molecule has 178 valence electrons. The third-order valence-corrected chi connectivity index (χ3v) is 6.76. The summed E-state index contributed by atoms with van der Waals surface area (Å²) in [6, 6.07) is 8.20. The molecule has 3 amide bonds. The molecule has 0 radical (unpaired) electrons. The summed E-state index contributed by atoms with van der Waals surface area (Å²) in [5.41, 5.74) is 0.825. The van der Waals surface area contributed by atoms with Crippen molar-refractivity contribution in [2.75, 3.05) is 26.2 Å². The van der Waals surface area contributed by atoms with E-state index in [0.717, 1.165) is 35.9 Å². The number of thioether (sulfide) groups is 1. The van der Waals surface area contributed by atoms with Gasteiger partial charge in [-0.25, -0.2) is 4.79 Å². The summed E-state index contributed by atoms with van der Waals surface area (Å²) in [6.45, 7) is 2.99. The van der Waals surface area contributed by atoms with Crippen LogP contribution < -0.4 is 0 Å². The Morgan fingerprint density at radius 1 is 1.15 bits per heavy atom. The molecule has 10 heteroatoms. The Bertz CT molecular complexity index is 1170. The number of carbonyl (C=O) groups excluding carboxylic acids is 4. The van der Waals surface area contributed by atoms with Gasteiger partial charge < -0.3 is 14.1 Å². The highest BCUT2D eigenvalue weighted by atomic mass is 35.5. The van der Waals surface area contributed by atoms with Crippen molar-refractivity contribution in [1.82, 2.24) is 9.80 Å². The highest BCUT2D eigenvalue weighted by Gasteiger charge is 2.37. The van der Waals surface area contributed by atoms with Crippen LogP contribution in [0, 0.1) is 0 Å². The number of likely N-dealkylation sites (tertiary alicyclic amines) is 1. The monoisotopic (exact) mass is 502 g/mol. The minimum atomic E-state index is -0.533. The molecule has 1 aromatic carbocycles. The fourth-order valence-electron chi connectivity index (χ4n) is 3.77. The molecule has 4 rings (SSSR count). The van der Waals surface area contributed by atoms with Gasteiger partial charge in [-0.3, -0.25) is 19.3 Å². The lowest BCUT2D eigenvalue weighted by Crippen LogP contribution is -2.44. The van der Waals surface area contributed by atoms with Crippen LogP contribution in [0.5, 0.6) is 0 Å². The minimum absolute atomic E-state index is 0.181. The molecule has 34 heavy (non-hydrogen) atoms.